The maximum absolute atomic E-state index is 11.8. The van der Waals surface area contributed by atoms with E-state index in [2.05, 4.69) is 27.4 Å². The van der Waals surface area contributed by atoms with Crippen molar-refractivity contribution in [2.24, 2.45) is 16.8 Å². The average molecular weight is 521 g/mol. The van der Waals surface area contributed by atoms with Gasteiger partial charge in [-0.1, -0.05) is 6.42 Å². The zero-order valence-corrected chi connectivity index (χ0v) is 20.5. The molecule has 2 unspecified atom stereocenters. The first-order valence-electron chi connectivity index (χ1n) is 11.4. The van der Waals surface area contributed by atoms with Crippen LogP contribution in [-0.4, -0.2) is 80.3 Å². The van der Waals surface area contributed by atoms with Crippen LogP contribution in [0.5, 0.6) is 0 Å². The SMILES string of the molecule is CCNC(=NCC(NC(=O)OCC)C1CC1)N1CCC(CN2CCCCC2)C1.I. The molecule has 2 saturated heterocycles. The van der Waals surface area contributed by atoms with E-state index in [0.29, 0.717) is 19.1 Å². The van der Waals surface area contributed by atoms with Crippen LogP contribution in [0.25, 0.3) is 0 Å². The summed E-state index contributed by atoms with van der Waals surface area (Å²) in [5.74, 6) is 2.28. The highest BCUT2D eigenvalue weighted by molar-refractivity contribution is 14.0. The number of ether oxygens (including phenoxy) is 1. The van der Waals surface area contributed by atoms with Gasteiger partial charge in [0.15, 0.2) is 5.96 Å². The Kier molecular flexibility index (Phi) is 10.8. The fourth-order valence-corrected chi connectivity index (χ4v) is 4.43. The zero-order chi connectivity index (χ0) is 19.8. The van der Waals surface area contributed by atoms with Crippen molar-refractivity contribution in [1.82, 2.24) is 20.4 Å². The van der Waals surface area contributed by atoms with Gasteiger partial charge in [-0.3, -0.25) is 4.99 Å². The molecule has 7 nitrogen and oxygen atoms in total. The molecular formula is C21H40IN5O2. The number of halogens is 1. The van der Waals surface area contributed by atoms with Crippen molar-refractivity contribution in [3.05, 3.63) is 0 Å². The van der Waals surface area contributed by atoms with Crippen molar-refractivity contribution in [2.75, 3.05) is 52.4 Å². The Morgan fingerprint density at radius 2 is 1.90 bits per heavy atom. The van der Waals surface area contributed by atoms with Crippen molar-refractivity contribution < 1.29 is 9.53 Å². The van der Waals surface area contributed by atoms with E-state index in [0.717, 1.165) is 31.5 Å². The van der Waals surface area contributed by atoms with E-state index < -0.39 is 0 Å². The normalized spacial score (nSPS) is 24.0. The van der Waals surface area contributed by atoms with Crippen molar-refractivity contribution in [1.29, 1.82) is 0 Å². The molecule has 1 saturated carbocycles. The molecule has 29 heavy (non-hydrogen) atoms. The van der Waals surface area contributed by atoms with Gasteiger partial charge in [0.1, 0.15) is 0 Å². The molecule has 8 heteroatoms. The van der Waals surface area contributed by atoms with E-state index in [9.17, 15) is 4.79 Å². The van der Waals surface area contributed by atoms with Crippen LogP contribution in [0.1, 0.15) is 52.4 Å². The number of hydrogen-bond acceptors (Lipinski definition) is 4. The number of amides is 1. The highest BCUT2D eigenvalue weighted by Crippen LogP contribution is 2.33. The van der Waals surface area contributed by atoms with Crippen LogP contribution in [-0.2, 0) is 4.74 Å². The van der Waals surface area contributed by atoms with E-state index in [1.807, 2.05) is 6.92 Å². The van der Waals surface area contributed by atoms with Crippen LogP contribution in [0.2, 0.25) is 0 Å². The first-order valence-corrected chi connectivity index (χ1v) is 11.4. The van der Waals surface area contributed by atoms with Crippen LogP contribution < -0.4 is 10.6 Å². The Hall–Kier alpha value is -0.770. The number of piperidine rings is 1. The van der Waals surface area contributed by atoms with Crippen molar-refractivity contribution in [3.8, 4) is 0 Å². The monoisotopic (exact) mass is 521 g/mol. The van der Waals surface area contributed by atoms with E-state index in [1.54, 1.807) is 0 Å². The predicted octanol–water partition coefficient (Wildman–Crippen LogP) is 2.90. The van der Waals surface area contributed by atoms with Gasteiger partial charge >= 0.3 is 6.09 Å². The van der Waals surface area contributed by atoms with Crippen LogP contribution in [0, 0.1) is 11.8 Å². The smallest absolute Gasteiger partial charge is 0.407 e. The molecule has 0 aromatic heterocycles. The molecule has 0 bridgehead atoms. The molecular weight excluding hydrogens is 481 g/mol. The molecule has 3 aliphatic rings. The summed E-state index contributed by atoms with van der Waals surface area (Å²) in [7, 11) is 0. The minimum absolute atomic E-state index is 0. The second-order valence-corrected chi connectivity index (χ2v) is 8.47. The predicted molar refractivity (Wildman–Crippen MR) is 128 cm³/mol. The van der Waals surface area contributed by atoms with Gasteiger partial charge < -0.3 is 25.2 Å². The number of carbonyl (C=O) groups excluding carboxylic acids is 1. The molecule has 0 aromatic carbocycles. The number of hydrogen-bond donors (Lipinski definition) is 2. The molecule has 0 radical (unpaired) electrons. The fourth-order valence-electron chi connectivity index (χ4n) is 4.43. The summed E-state index contributed by atoms with van der Waals surface area (Å²) in [5.41, 5.74) is 0. The Morgan fingerprint density at radius 3 is 2.55 bits per heavy atom. The highest BCUT2D eigenvalue weighted by atomic mass is 127. The summed E-state index contributed by atoms with van der Waals surface area (Å²) in [6.07, 6.45) is 7.38. The van der Waals surface area contributed by atoms with Crippen LogP contribution >= 0.6 is 24.0 Å². The lowest BCUT2D eigenvalue weighted by molar-refractivity contribution is 0.147. The van der Waals surface area contributed by atoms with Crippen LogP contribution in [0.15, 0.2) is 4.99 Å². The molecule has 2 aliphatic heterocycles. The second-order valence-electron chi connectivity index (χ2n) is 8.47. The lowest BCUT2D eigenvalue weighted by atomic mass is 10.1. The van der Waals surface area contributed by atoms with Crippen molar-refractivity contribution in [2.45, 2.75) is 58.4 Å². The number of aliphatic imine (C=N–C) groups is 1. The first-order chi connectivity index (χ1) is 13.7. The van der Waals surface area contributed by atoms with Gasteiger partial charge in [0.25, 0.3) is 0 Å². The Labute approximate surface area is 193 Å². The fraction of sp³-hybridized carbons (Fsp3) is 0.905. The average Bonchev–Trinajstić information content (AvgIpc) is 3.44. The summed E-state index contributed by atoms with van der Waals surface area (Å²) < 4.78 is 5.06. The largest absolute Gasteiger partial charge is 0.450 e. The molecule has 2 N–H and O–H groups in total. The van der Waals surface area contributed by atoms with Gasteiger partial charge in [0.05, 0.1) is 19.2 Å². The number of guanidine groups is 1. The molecule has 3 fully saturated rings. The molecule has 2 heterocycles. The third-order valence-corrected chi connectivity index (χ3v) is 6.09. The minimum atomic E-state index is -0.317. The van der Waals surface area contributed by atoms with Gasteiger partial charge in [-0.2, -0.15) is 0 Å². The van der Waals surface area contributed by atoms with Crippen molar-refractivity contribution >= 4 is 36.0 Å². The Balaban J connectivity index is 0.00000300. The minimum Gasteiger partial charge on any atom is -0.450 e. The van der Waals surface area contributed by atoms with E-state index in [1.165, 1.54) is 58.2 Å². The van der Waals surface area contributed by atoms with Gasteiger partial charge in [-0.25, -0.2) is 4.79 Å². The third kappa shape index (κ3) is 8.11. The lowest BCUT2D eigenvalue weighted by Gasteiger charge is -2.29. The van der Waals surface area contributed by atoms with E-state index >= 15 is 0 Å². The van der Waals surface area contributed by atoms with Gasteiger partial charge in [0.2, 0.25) is 0 Å². The van der Waals surface area contributed by atoms with Gasteiger partial charge in [-0.15, -0.1) is 24.0 Å². The second kappa shape index (κ2) is 12.8. The van der Waals surface area contributed by atoms with Crippen LogP contribution in [0.3, 0.4) is 0 Å². The first kappa shape index (κ1) is 24.5. The molecule has 0 spiro atoms. The van der Waals surface area contributed by atoms with Gasteiger partial charge in [-0.05, 0) is 70.9 Å². The quantitative estimate of drug-likeness (QED) is 0.292. The number of alkyl carbamates (subject to hydrolysis) is 1. The van der Waals surface area contributed by atoms with Gasteiger partial charge in [0, 0.05) is 26.2 Å². The summed E-state index contributed by atoms with van der Waals surface area (Å²) in [6, 6.07) is 0.0828. The maximum atomic E-state index is 11.8. The molecule has 3 rings (SSSR count). The van der Waals surface area contributed by atoms with E-state index in [-0.39, 0.29) is 36.1 Å². The lowest BCUT2D eigenvalue weighted by Crippen LogP contribution is -2.43. The number of nitrogens with zero attached hydrogens (tertiary/aromatic N) is 3. The van der Waals surface area contributed by atoms with Crippen molar-refractivity contribution in [3.63, 3.8) is 0 Å². The summed E-state index contributed by atoms with van der Waals surface area (Å²) in [5, 5.41) is 6.47. The molecule has 1 aliphatic carbocycles. The summed E-state index contributed by atoms with van der Waals surface area (Å²) in [6.45, 7) is 11.8. The summed E-state index contributed by atoms with van der Waals surface area (Å²) >= 11 is 0. The number of likely N-dealkylation sites (tertiary alicyclic amines) is 2. The highest BCUT2D eigenvalue weighted by Gasteiger charge is 2.33. The molecule has 2 atom stereocenters. The van der Waals surface area contributed by atoms with Crippen LogP contribution in [0.4, 0.5) is 4.79 Å². The molecule has 168 valence electrons. The zero-order valence-electron chi connectivity index (χ0n) is 18.2. The third-order valence-electron chi connectivity index (χ3n) is 6.09. The molecule has 1 amide bonds. The van der Waals surface area contributed by atoms with E-state index in [4.69, 9.17) is 9.73 Å². The number of rotatable bonds is 8. The Morgan fingerprint density at radius 1 is 1.14 bits per heavy atom. The summed E-state index contributed by atoms with van der Waals surface area (Å²) in [4.78, 5) is 21.8. The number of carbonyl (C=O) groups is 1. The maximum Gasteiger partial charge on any atom is 0.407 e. The topological polar surface area (TPSA) is 69.2 Å². The Bertz CT molecular complexity index is 523. The molecule has 0 aromatic rings. The number of nitrogens with one attached hydrogen (secondary N) is 2. The standard InChI is InChI=1S/C21H39N5O2.HI/c1-3-22-20(23-14-19(18-8-9-18)24-21(27)28-4-2)26-13-10-17(16-26)15-25-11-6-5-7-12-25;/h17-19H,3-16H2,1-2H3,(H,22,23)(H,24,27);1H.